The number of nitrogens with one attached hydrogen (secondary N) is 1. The second kappa shape index (κ2) is 11.3. The Labute approximate surface area is 298 Å². The zero-order valence-electron chi connectivity index (χ0n) is 27.9. The maximum atomic E-state index is 6.62. The zero-order chi connectivity index (χ0) is 34.2. The summed E-state index contributed by atoms with van der Waals surface area (Å²) in [4.78, 5) is 10.7. The molecular formula is C47H29N3O2. The summed E-state index contributed by atoms with van der Waals surface area (Å²) in [5.41, 5.74) is 8.38. The maximum Gasteiger partial charge on any atom is 0.170 e. The molecule has 0 saturated carbocycles. The molecule has 2 aromatic heterocycles. The average molecular weight is 668 g/mol. The van der Waals surface area contributed by atoms with E-state index in [0.717, 1.165) is 94.1 Å². The van der Waals surface area contributed by atoms with Gasteiger partial charge < -0.3 is 14.2 Å². The number of benzene rings is 8. The molecule has 0 saturated heterocycles. The van der Waals surface area contributed by atoms with Crippen LogP contribution in [0.2, 0.25) is 0 Å². The second-order valence-electron chi connectivity index (χ2n) is 13.4. The zero-order valence-corrected chi connectivity index (χ0v) is 27.9. The van der Waals surface area contributed by atoms with Gasteiger partial charge in [0.05, 0.1) is 0 Å². The minimum absolute atomic E-state index is 0.550. The lowest BCUT2D eigenvalue weighted by atomic mass is 9.94. The minimum atomic E-state index is -0.550. The number of para-hydroxylation sites is 1. The standard InChI is InChI=1S/C47H29N3O2/c1-2-12-29(13-3-1)45-48-46(33-22-21-28-11-4-5-14-30(28)23-33)50-47(49-45)38-25-34(27-42-44(38)36-17-8-9-19-39(36)51-42)35-18-10-20-40-43(35)37-24-31-15-6-7-16-32(31)26-41(37)52-40/h1-27,47H,(H,48,49,50). The summed E-state index contributed by atoms with van der Waals surface area (Å²) < 4.78 is 13.1. The first-order valence-corrected chi connectivity index (χ1v) is 17.5. The Kier molecular flexibility index (Phi) is 6.25. The molecule has 244 valence electrons. The van der Waals surface area contributed by atoms with Crippen LogP contribution in [0.5, 0.6) is 0 Å². The van der Waals surface area contributed by atoms with Gasteiger partial charge in [0.1, 0.15) is 34.0 Å². The fourth-order valence-corrected chi connectivity index (χ4v) is 7.81. The molecule has 1 N–H and O–H groups in total. The molecular weight excluding hydrogens is 639 g/mol. The van der Waals surface area contributed by atoms with Crippen molar-refractivity contribution < 1.29 is 8.83 Å². The van der Waals surface area contributed by atoms with Gasteiger partial charge in [0.15, 0.2) is 6.17 Å². The van der Waals surface area contributed by atoms with Crippen molar-refractivity contribution in [1.29, 1.82) is 0 Å². The minimum Gasteiger partial charge on any atom is -0.456 e. The smallest absolute Gasteiger partial charge is 0.170 e. The van der Waals surface area contributed by atoms with E-state index in [9.17, 15) is 0 Å². The van der Waals surface area contributed by atoms with Gasteiger partial charge in [-0.2, -0.15) is 0 Å². The monoisotopic (exact) mass is 667 g/mol. The Hall–Kier alpha value is -6.98. The van der Waals surface area contributed by atoms with E-state index in [1.165, 1.54) is 10.8 Å². The van der Waals surface area contributed by atoms with Crippen molar-refractivity contribution in [3.63, 3.8) is 0 Å². The van der Waals surface area contributed by atoms with E-state index < -0.39 is 6.17 Å². The second-order valence-corrected chi connectivity index (χ2v) is 13.4. The van der Waals surface area contributed by atoms with E-state index >= 15 is 0 Å². The summed E-state index contributed by atoms with van der Waals surface area (Å²) in [6, 6.07) is 56.9. The molecule has 0 radical (unpaired) electrons. The Bertz CT molecular complexity index is 3110. The van der Waals surface area contributed by atoms with Crippen molar-refractivity contribution in [2.45, 2.75) is 6.17 Å². The fraction of sp³-hybridized carbons (Fsp3) is 0.0213. The van der Waals surface area contributed by atoms with E-state index in [1.807, 2.05) is 36.4 Å². The number of amidine groups is 2. The third kappa shape index (κ3) is 4.56. The number of furan rings is 2. The van der Waals surface area contributed by atoms with Crippen LogP contribution in [0.1, 0.15) is 22.9 Å². The SMILES string of the molecule is c1ccc(C2=NC(c3cc(-c4cccc5oc6cc7ccccc7cc6c45)cc4oc5ccccc5c34)N=C(c3ccc4ccccc4c3)N2)cc1. The largest absolute Gasteiger partial charge is 0.456 e. The molecule has 5 heteroatoms. The van der Waals surface area contributed by atoms with Gasteiger partial charge in [0, 0.05) is 38.2 Å². The van der Waals surface area contributed by atoms with Crippen LogP contribution in [0.3, 0.4) is 0 Å². The molecule has 1 aliphatic rings. The lowest BCUT2D eigenvalue weighted by Gasteiger charge is -2.23. The van der Waals surface area contributed by atoms with Crippen molar-refractivity contribution in [2.24, 2.45) is 9.98 Å². The molecule has 52 heavy (non-hydrogen) atoms. The van der Waals surface area contributed by atoms with Crippen molar-refractivity contribution >= 4 is 77.1 Å². The molecule has 1 atom stereocenters. The molecule has 0 spiro atoms. The first-order valence-electron chi connectivity index (χ1n) is 17.5. The van der Waals surface area contributed by atoms with Crippen molar-refractivity contribution in [3.8, 4) is 11.1 Å². The van der Waals surface area contributed by atoms with Crippen LogP contribution in [0, 0.1) is 0 Å². The fourth-order valence-electron chi connectivity index (χ4n) is 7.81. The average Bonchev–Trinajstić information content (AvgIpc) is 3.77. The van der Waals surface area contributed by atoms with Gasteiger partial charge >= 0.3 is 0 Å². The normalized spacial score (nSPS) is 14.7. The number of rotatable bonds is 4. The highest BCUT2D eigenvalue weighted by Gasteiger charge is 2.26. The summed E-state index contributed by atoms with van der Waals surface area (Å²) in [5.74, 6) is 1.54. The number of fused-ring (bicyclic) bond motifs is 8. The molecule has 1 unspecified atom stereocenters. The molecule has 5 nitrogen and oxygen atoms in total. The molecule has 11 rings (SSSR count). The van der Waals surface area contributed by atoms with E-state index in [0.29, 0.717) is 0 Å². The van der Waals surface area contributed by atoms with Crippen LogP contribution >= 0.6 is 0 Å². The molecule has 3 heterocycles. The van der Waals surface area contributed by atoms with E-state index in [2.05, 4.69) is 133 Å². The molecule has 0 bridgehead atoms. The third-order valence-electron chi connectivity index (χ3n) is 10.3. The predicted molar refractivity (Wildman–Crippen MR) is 213 cm³/mol. The Morgan fingerprint density at radius 1 is 0.404 bits per heavy atom. The van der Waals surface area contributed by atoms with Gasteiger partial charge in [-0.15, -0.1) is 0 Å². The lowest BCUT2D eigenvalue weighted by Crippen LogP contribution is -2.36. The summed E-state index contributed by atoms with van der Waals surface area (Å²) >= 11 is 0. The number of aliphatic imine (C=N–C) groups is 2. The summed E-state index contributed by atoms with van der Waals surface area (Å²) in [5, 5.41) is 12.5. The predicted octanol–water partition coefficient (Wildman–Crippen LogP) is 12.0. The van der Waals surface area contributed by atoms with Crippen molar-refractivity contribution in [1.82, 2.24) is 5.32 Å². The number of hydrogen-bond acceptors (Lipinski definition) is 5. The van der Waals surface area contributed by atoms with Gasteiger partial charge in [0.25, 0.3) is 0 Å². The lowest BCUT2D eigenvalue weighted by molar-refractivity contribution is 0.667. The highest BCUT2D eigenvalue weighted by Crippen LogP contribution is 2.43. The number of hydrogen-bond donors (Lipinski definition) is 1. The Morgan fingerprint density at radius 3 is 1.92 bits per heavy atom. The molecule has 0 fully saturated rings. The van der Waals surface area contributed by atoms with Gasteiger partial charge in [-0.25, -0.2) is 9.98 Å². The first-order chi connectivity index (χ1) is 25.7. The van der Waals surface area contributed by atoms with Crippen molar-refractivity contribution in [3.05, 3.63) is 180 Å². The molecule has 0 aliphatic carbocycles. The summed E-state index contributed by atoms with van der Waals surface area (Å²) in [6.45, 7) is 0. The van der Waals surface area contributed by atoms with Crippen molar-refractivity contribution in [2.75, 3.05) is 0 Å². The van der Waals surface area contributed by atoms with E-state index in [-0.39, 0.29) is 0 Å². The first kappa shape index (κ1) is 28.8. The molecule has 1 aliphatic heterocycles. The van der Waals surface area contributed by atoms with Crippen LogP contribution in [-0.4, -0.2) is 11.7 Å². The van der Waals surface area contributed by atoms with Gasteiger partial charge in [-0.1, -0.05) is 121 Å². The molecule has 8 aromatic carbocycles. The highest BCUT2D eigenvalue weighted by atomic mass is 16.3. The highest BCUT2D eigenvalue weighted by molar-refractivity contribution is 6.18. The van der Waals surface area contributed by atoms with Crippen LogP contribution < -0.4 is 5.32 Å². The Morgan fingerprint density at radius 2 is 1.08 bits per heavy atom. The van der Waals surface area contributed by atoms with Gasteiger partial charge in [-0.3, -0.25) is 0 Å². The van der Waals surface area contributed by atoms with Crippen LogP contribution in [0.15, 0.2) is 183 Å². The quantitative estimate of drug-likeness (QED) is 0.203. The van der Waals surface area contributed by atoms with Gasteiger partial charge in [0.2, 0.25) is 0 Å². The summed E-state index contributed by atoms with van der Waals surface area (Å²) in [6.07, 6.45) is -0.550. The molecule has 10 aromatic rings. The summed E-state index contributed by atoms with van der Waals surface area (Å²) in [7, 11) is 0. The van der Waals surface area contributed by atoms with E-state index in [1.54, 1.807) is 0 Å². The van der Waals surface area contributed by atoms with Gasteiger partial charge in [-0.05, 0) is 75.1 Å². The number of nitrogens with zero attached hydrogens (tertiary/aromatic N) is 2. The van der Waals surface area contributed by atoms with Crippen LogP contribution in [0.25, 0.3) is 76.5 Å². The maximum absolute atomic E-state index is 6.62. The topological polar surface area (TPSA) is 63.0 Å². The molecule has 0 amide bonds. The van der Waals surface area contributed by atoms with Crippen LogP contribution in [0.4, 0.5) is 0 Å². The van der Waals surface area contributed by atoms with E-state index in [4.69, 9.17) is 18.8 Å². The Balaban J connectivity index is 1.18. The third-order valence-corrected chi connectivity index (χ3v) is 10.3. The van der Waals surface area contributed by atoms with Crippen LogP contribution in [-0.2, 0) is 0 Å².